The van der Waals surface area contributed by atoms with Crippen LogP contribution in [-0.2, 0) is 0 Å². The first-order chi connectivity index (χ1) is 7.50. The van der Waals surface area contributed by atoms with Crippen molar-refractivity contribution in [2.45, 2.75) is 19.4 Å². The lowest BCUT2D eigenvalue weighted by molar-refractivity contribution is 0.390. The van der Waals surface area contributed by atoms with Crippen LogP contribution >= 0.6 is 11.6 Å². The van der Waals surface area contributed by atoms with Gasteiger partial charge in [0.2, 0.25) is 0 Å². The van der Waals surface area contributed by atoms with Crippen molar-refractivity contribution in [2.24, 2.45) is 0 Å². The van der Waals surface area contributed by atoms with Crippen LogP contribution in [0.25, 0.3) is 0 Å². The summed E-state index contributed by atoms with van der Waals surface area (Å²) in [5.41, 5.74) is 7.42. The molecular weight excluding hydrogens is 222 g/mol. The Hall–Kier alpha value is -0.930. The molecule has 1 aromatic rings. The highest BCUT2D eigenvalue weighted by Gasteiger charge is 2.06. The summed E-state index contributed by atoms with van der Waals surface area (Å²) in [5, 5.41) is 3.97. The van der Waals surface area contributed by atoms with Crippen LogP contribution in [0.5, 0.6) is 0 Å². The molecule has 0 aliphatic rings. The highest BCUT2D eigenvalue weighted by atomic mass is 35.5. The molecule has 0 amide bonds. The molecule has 90 valence electrons. The van der Waals surface area contributed by atoms with Crippen molar-refractivity contribution in [2.75, 3.05) is 31.7 Å². The van der Waals surface area contributed by atoms with E-state index in [-0.39, 0.29) is 0 Å². The quantitative estimate of drug-likeness (QED) is 0.779. The number of nitrogen functional groups attached to an aromatic ring is 1. The van der Waals surface area contributed by atoms with Gasteiger partial charge in [0, 0.05) is 6.04 Å². The fraction of sp³-hybridized carbons (Fsp3) is 0.500. The summed E-state index contributed by atoms with van der Waals surface area (Å²) in [6, 6.07) is 6.03. The van der Waals surface area contributed by atoms with Crippen LogP contribution in [0, 0.1) is 0 Å². The van der Waals surface area contributed by atoms with E-state index in [4.69, 9.17) is 17.3 Å². The number of halogens is 1. The number of nitrogens with two attached hydrogens (primary N) is 1. The van der Waals surface area contributed by atoms with Crippen molar-refractivity contribution in [3.05, 3.63) is 23.2 Å². The second kappa shape index (κ2) is 5.97. The van der Waals surface area contributed by atoms with Crippen LogP contribution in [0.15, 0.2) is 18.2 Å². The van der Waals surface area contributed by atoms with Crippen molar-refractivity contribution < 1.29 is 0 Å². The van der Waals surface area contributed by atoms with Crippen LogP contribution in [0.1, 0.15) is 13.3 Å². The number of hydrogen-bond acceptors (Lipinski definition) is 3. The van der Waals surface area contributed by atoms with Gasteiger partial charge in [-0.2, -0.15) is 0 Å². The first-order valence-corrected chi connectivity index (χ1v) is 5.83. The van der Waals surface area contributed by atoms with Crippen LogP contribution in [-0.4, -0.2) is 31.6 Å². The number of benzene rings is 1. The Morgan fingerprint density at radius 2 is 2.12 bits per heavy atom. The first kappa shape index (κ1) is 13.1. The lowest BCUT2D eigenvalue weighted by atomic mass is 10.2. The lowest BCUT2D eigenvalue weighted by Gasteiger charge is -2.19. The maximum absolute atomic E-state index is 5.95. The van der Waals surface area contributed by atoms with Gasteiger partial charge in [-0.1, -0.05) is 17.7 Å². The fourth-order valence-corrected chi connectivity index (χ4v) is 1.63. The Kier molecular flexibility index (Phi) is 4.90. The zero-order valence-corrected chi connectivity index (χ0v) is 10.9. The summed E-state index contributed by atoms with van der Waals surface area (Å²) in [7, 11) is 4.14. The number of anilines is 2. The van der Waals surface area contributed by atoms with Gasteiger partial charge in [-0.15, -0.1) is 0 Å². The van der Waals surface area contributed by atoms with Gasteiger partial charge in [0.1, 0.15) is 0 Å². The molecule has 0 aliphatic carbocycles. The van der Waals surface area contributed by atoms with E-state index in [2.05, 4.69) is 31.2 Å². The maximum atomic E-state index is 5.95. The van der Waals surface area contributed by atoms with E-state index in [0.29, 0.717) is 16.8 Å². The van der Waals surface area contributed by atoms with E-state index in [1.807, 2.05) is 12.1 Å². The molecule has 1 unspecified atom stereocenters. The van der Waals surface area contributed by atoms with Crippen molar-refractivity contribution in [1.29, 1.82) is 0 Å². The SMILES string of the molecule is CC(CCN(C)C)Nc1cccc(Cl)c1N. The first-order valence-electron chi connectivity index (χ1n) is 5.46. The molecule has 4 heteroatoms. The summed E-state index contributed by atoms with van der Waals surface area (Å²) in [6.07, 6.45) is 1.07. The van der Waals surface area contributed by atoms with E-state index in [0.717, 1.165) is 18.7 Å². The Bertz CT molecular complexity index is 339. The van der Waals surface area contributed by atoms with Gasteiger partial charge < -0.3 is 16.0 Å². The van der Waals surface area contributed by atoms with Crippen LogP contribution < -0.4 is 11.1 Å². The normalized spacial score (nSPS) is 12.8. The molecule has 0 spiro atoms. The second-order valence-corrected chi connectivity index (χ2v) is 4.75. The minimum absolute atomic E-state index is 0.378. The largest absolute Gasteiger partial charge is 0.396 e. The van der Waals surface area contributed by atoms with Crippen molar-refractivity contribution in [1.82, 2.24) is 4.90 Å². The minimum atomic E-state index is 0.378. The smallest absolute Gasteiger partial charge is 0.0739 e. The minimum Gasteiger partial charge on any atom is -0.396 e. The number of rotatable bonds is 5. The predicted molar refractivity (Wildman–Crippen MR) is 72.1 cm³/mol. The van der Waals surface area contributed by atoms with Gasteiger partial charge in [0.15, 0.2) is 0 Å². The third-order valence-corrected chi connectivity index (χ3v) is 2.79. The molecule has 0 aliphatic heterocycles. The summed E-state index contributed by atoms with van der Waals surface area (Å²) in [6.45, 7) is 3.19. The molecule has 3 nitrogen and oxygen atoms in total. The van der Waals surface area contributed by atoms with Crippen molar-refractivity contribution >= 4 is 23.0 Å². The van der Waals surface area contributed by atoms with Gasteiger partial charge in [0.25, 0.3) is 0 Å². The topological polar surface area (TPSA) is 41.3 Å². The zero-order valence-electron chi connectivity index (χ0n) is 10.1. The molecule has 0 bridgehead atoms. The average molecular weight is 242 g/mol. The molecule has 1 rings (SSSR count). The Morgan fingerprint density at radius 3 is 2.75 bits per heavy atom. The lowest BCUT2D eigenvalue weighted by Crippen LogP contribution is -2.23. The van der Waals surface area contributed by atoms with Crippen LogP contribution in [0.4, 0.5) is 11.4 Å². The van der Waals surface area contributed by atoms with Gasteiger partial charge in [-0.3, -0.25) is 0 Å². The standard InChI is InChI=1S/C12H20ClN3/c1-9(7-8-16(2)3)15-11-6-4-5-10(13)12(11)14/h4-6,9,15H,7-8,14H2,1-3H3. The van der Waals surface area contributed by atoms with Gasteiger partial charge in [0.05, 0.1) is 16.4 Å². The van der Waals surface area contributed by atoms with Crippen LogP contribution in [0.2, 0.25) is 5.02 Å². The highest BCUT2D eigenvalue weighted by Crippen LogP contribution is 2.27. The van der Waals surface area contributed by atoms with Crippen LogP contribution in [0.3, 0.4) is 0 Å². The second-order valence-electron chi connectivity index (χ2n) is 4.34. The van der Waals surface area contributed by atoms with Crippen molar-refractivity contribution in [3.8, 4) is 0 Å². The number of para-hydroxylation sites is 1. The van der Waals surface area contributed by atoms with Gasteiger partial charge >= 0.3 is 0 Å². The summed E-state index contributed by atoms with van der Waals surface area (Å²) < 4.78 is 0. The average Bonchev–Trinajstić information content (AvgIpc) is 2.22. The molecule has 1 atom stereocenters. The Balaban J connectivity index is 2.56. The van der Waals surface area contributed by atoms with E-state index >= 15 is 0 Å². The van der Waals surface area contributed by atoms with E-state index < -0.39 is 0 Å². The summed E-state index contributed by atoms with van der Waals surface area (Å²) in [5.74, 6) is 0. The highest BCUT2D eigenvalue weighted by molar-refractivity contribution is 6.33. The number of hydrogen-bond donors (Lipinski definition) is 2. The van der Waals surface area contributed by atoms with E-state index in [1.165, 1.54) is 0 Å². The molecule has 0 radical (unpaired) electrons. The summed E-state index contributed by atoms with van der Waals surface area (Å²) >= 11 is 5.95. The van der Waals surface area contributed by atoms with Gasteiger partial charge in [-0.25, -0.2) is 0 Å². The van der Waals surface area contributed by atoms with E-state index in [9.17, 15) is 0 Å². The van der Waals surface area contributed by atoms with Gasteiger partial charge in [-0.05, 0) is 46.1 Å². The molecular formula is C12H20ClN3. The molecule has 0 saturated heterocycles. The Labute approximate surface area is 103 Å². The Morgan fingerprint density at radius 1 is 1.44 bits per heavy atom. The molecule has 0 fully saturated rings. The molecule has 16 heavy (non-hydrogen) atoms. The third kappa shape index (κ3) is 3.91. The molecule has 0 saturated carbocycles. The summed E-state index contributed by atoms with van der Waals surface area (Å²) in [4.78, 5) is 2.17. The maximum Gasteiger partial charge on any atom is 0.0739 e. The van der Waals surface area contributed by atoms with Crippen molar-refractivity contribution in [3.63, 3.8) is 0 Å². The molecule has 0 heterocycles. The number of nitrogens with zero attached hydrogens (tertiary/aromatic N) is 1. The molecule has 3 N–H and O–H groups in total. The molecule has 0 aromatic heterocycles. The number of nitrogens with one attached hydrogen (secondary N) is 1. The fourth-order valence-electron chi connectivity index (χ4n) is 1.45. The monoisotopic (exact) mass is 241 g/mol. The van der Waals surface area contributed by atoms with E-state index in [1.54, 1.807) is 6.07 Å². The zero-order chi connectivity index (χ0) is 12.1. The third-order valence-electron chi connectivity index (χ3n) is 2.46. The molecule has 1 aromatic carbocycles. The predicted octanol–water partition coefficient (Wildman–Crippen LogP) is 2.67.